The fourth-order valence-corrected chi connectivity index (χ4v) is 3.17. The van der Waals surface area contributed by atoms with Crippen molar-refractivity contribution in [3.05, 3.63) is 11.4 Å². The maximum Gasteiger partial charge on any atom is 0.273 e. The number of carbonyl (C=O) groups excluding carboxylic acids is 2. The summed E-state index contributed by atoms with van der Waals surface area (Å²) in [5, 5.41) is 5.37. The highest BCUT2D eigenvalue weighted by atomic mass is 16.5. The summed E-state index contributed by atoms with van der Waals surface area (Å²) in [5.74, 6) is -1.48. The van der Waals surface area contributed by atoms with Crippen LogP contribution in [0.1, 0.15) is 46.7 Å². The Balaban J connectivity index is 2.15. The predicted octanol–water partition coefficient (Wildman–Crippen LogP) is -1.32. The van der Waals surface area contributed by atoms with Crippen LogP contribution in [0.4, 0.5) is 11.6 Å². The fourth-order valence-electron chi connectivity index (χ4n) is 3.17. The minimum atomic E-state index is -0.545. The maximum atomic E-state index is 12.4. The normalized spacial score (nSPS) is 11.1. The zero-order chi connectivity index (χ0) is 30.7. The molecule has 2 amide bonds. The smallest absolute Gasteiger partial charge is 0.273 e. The van der Waals surface area contributed by atoms with E-state index in [1.165, 1.54) is 0 Å². The Morgan fingerprint density at radius 1 is 0.500 bits per heavy atom. The van der Waals surface area contributed by atoms with E-state index in [1.807, 2.05) is 0 Å². The van der Waals surface area contributed by atoms with Crippen molar-refractivity contribution >= 4 is 23.5 Å². The molecule has 0 aliphatic rings. The Kier molecular flexibility index (Phi) is 23.1. The molecule has 10 N–H and O–H groups in total. The van der Waals surface area contributed by atoms with E-state index in [4.69, 9.17) is 51.4 Å². The molecule has 0 aromatic carbocycles. The van der Waals surface area contributed by atoms with Crippen molar-refractivity contribution in [3.8, 4) is 0 Å². The van der Waals surface area contributed by atoms with Gasteiger partial charge in [-0.05, 0) is 38.8 Å². The molecule has 0 radical (unpaired) electrons. The van der Waals surface area contributed by atoms with Crippen LogP contribution < -0.4 is 33.6 Å². The highest BCUT2D eigenvalue weighted by molar-refractivity contribution is 6.00. The molecular formula is C26H50N8O8. The first-order valence-electron chi connectivity index (χ1n) is 14.4. The summed E-state index contributed by atoms with van der Waals surface area (Å²) < 4.78 is 32.4. The third-order valence-electron chi connectivity index (χ3n) is 5.36. The Labute approximate surface area is 247 Å². The van der Waals surface area contributed by atoms with Crippen molar-refractivity contribution in [2.24, 2.45) is 11.5 Å². The van der Waals surface area contributed by atoms with E-state index in [1.54, 1.807) is 0 Å². The molecular weight excluding hydrogens is 552 g/mol. The Morgan fingerprint density at radius 2 is 0.786 bits per heavy atom. The first kappa shape index (κ1) is 37.3. The highest BCUT2D eigenvalue weighted by Crippen LogP contribution is 2.13. The number of carbonyl (C=O) groups is 2. The average molecular weight is 603 g/mol. The summed E-state index contributed by atoms with van der Waals surface area (Å²) in [4.78, 5) is 32.9. The molecule has 0 fully saturated rings. The van der Waals surface area contributed by atoms with E-state index in [0.29, 0.717) is 118 Å². The van der Waals surface area contributed by atoms with Crippen LogP contribution in [0.2, 0.25) is 0 Å². The second-order valence-electron chi connectivity index (χ2n) is 8.87. The number of aromatic nitrogens is 2. The summed E-state index contributed by atoms with van der Waals surface area (Å²) in [7, 11) is 0. The van der Waals surface area contributed by atoms with Crippen molar-refractivity contribution in [1.29, 1.82) is 0 Å². The SMILES string of the molecule is NCCCOCCOCCOCCCNC(=O)c1nc(N)c(C(=O)NCCCOCCOCCOCCCN)nc1N. The molecule has 1 aromatic rings. The van der Waals surface area contributed by atoms with Crippen LogP contribution in [0.25, 0.3) is 0 Å². The van der Waals surface area contributed by atoms with Crippen LogP contribution in [-0.4, -0.2) is 127 Å². The second-order valence-corrected chi connectivity index (χ2v) is 8.87. The molecule has 242 valence electrons. The van der Waals surface area contributed by atoms with E-state index in [9.17, 15) is 9.59 Å². The first-order chi connectivity index (χ1) is 20.5. The lowest BCUT2D eigenvalue weighted by atomic mass is 10.3. The highest BCUT2D eigenvalue weighted by Gasteiger charge is 2.20. The average Bonchev–Trinajstić information content (AvgIpc) is 2.98. The van der Waals surface area contributed by atoms with Gasteiger partial charge in [0, 0.05) is 39.5 Å². The Hall–Kier alpha value is -2.70. The van der Waals surface area contributed by atoms with E-state index in [-0.39, 0.29) is 23.0 Å². The summed E-state index contributed by atoms with van der Waals surface area (Å²) in [6, 6.07) is 0. The van der Waals surface area contributed by atoms with Gasteiger partial charge in [0.1, 0.15) is 0 Å². The molecule has 1 heterocycles. The standard InChI is InChI=1S/C26H50N8O8/c27-5-1-9-37-13-17-41-19-15-39-11-3-7-31-25(35)21-23(29)34-22(24(30)33-21)26(36)32-8-4-12-40-16-20-42-18-14-38-10-2-6-28/h1-20,27-28H2,(H2,30,33)(H2,29,34)(H,31,35)(H,32,36). The molecule has 0 saturated carbocycles. The number of rotatable bonds is 28. The molecule has 0 bridgehead atoms. The van der Waals surface area contributed by atoms with Gasteiger partial charge in [0.25, 0.3) is 11.8 Å². The second kappa shape index (κ2) is 26.0. The lowest BCUT2D eigenvalue weighted by Gasteiger charge is -2.11. The van der Waals surface area contributed by atoms with E-state index >= 15 is 0 Å². The van der Waals surface area contributed by atoms with Crippen LogP contribution in [0.5, 0.6) is 0 Å². The van der Waals surface area contributed by atoms with Gasteiger partial charge >= 0.3 is 0 Å². The summed E-state index contributed by atoms with van der Waals surface area (Å²) in [6.45, 7) is 7.82. The van der Waals surface area contributed by atoms with Crippen molar-refractivity contribution in [2.45, 2.75) is 25.7 Å². The minimum absolute atomic E-state index is 0.148. The minimum Gasteiger partial charge on any atom is -0.382 e. The van der Waals surface area contributed by atoms with Crippen LogP contribution in [0, 0.1) is 0 Å². The predicted molar refractivity (Wildman–Crippen MR) is 157 cm³/mol. The van der Waals surface area contributed by atoms with E-state index in [2.05, 4.69) is 20.6 Å². The monoisotopic (exact) mass is 602 g/mol. The van der Waals surface area contributed by atoms with Gasteiger partial charge in [0.05, 0.1) is 52.9 Å². The molecule has 16 heteroatoms. The van der Waals surface area contributed by atoms with Crippen molar-refractivity contribution in [3.63, 3.8) is 0 Å². The Bertz CT molecular complexity index is 785. The molecule has 0 spiro atoms. The molecule has 16 nitrogen and oxygen atoms in total. The summed E-state index contributed by atoms with van der Waals surface area (Å²) in [5.41, 5.74) is 22.2. The summed E-state index contributed by atoms with van der Waals surface area (Å²) in [6.07, 6.45) is 2.80. The van der Waals surface area contributed by atoms with Gasteiger partial charge < -0.3 is 62.0 Å². The number of nitrogens with zero attached hydrogens (tertiary/aromatic N) is 2. The van der Waals surface area contributed by atoms with Crippen molar-refractivity contribution in [2.75, 3.05) is 117 Å². The number of nitrogens with one attached hydrogen (secondary N) is 2. The Morgan fingerprint density at radius 3 is 1.10 bits per heavy atom. The first-order valence-corrected chi connectivity index (χ1v) is 14.4. The number of ether oxygens (including phenoxy) is 6. The zero-order valence-electron chi connectivity index (χ0n) is 24.6. The molecule has 0 atom stereocenters. The molecule has 0 aliphatic carbocycles. The van der Waals surface area contributed by atoms with Gasteiger partial charge in [-0.3, -0.25) is 9.59 Å². The number of hydrogen-bond donors (Lipinski definition) is 6. The van der Waals surface area contributed by atoms with Gasteiger partial charge in [-0.2, -0.15) is 0 Å². The van der Waals surface area contributed by atoms with Crippen molar-refractivity contribution < 1.29 is 38.0 Å². The number of nitrogens with two attached hydrogens (primary N) is 4. The third kappa shape index (κ3) is 18.7. The molecule has 42 heavy (non-hydrogen) atoms. The topological polar surface area (TPSA) is 243 Å². The molecule has 1 aromatic heterocycles. The van der Waals surface area contributed by atoms with Crippen LogP contribution in [-0.2, 0) is 28.4 Å². The van der Waals surface area contributed by atoms with Gasteiger partial charge in [-0.15, -0.1) is 0 Å². The quantitative estimate of drug-likeness (QED) is 0.0609. The molecule has 0 aliphatic heterocycles. The number of amides is 2. The van der Waals surface area contributed by atoms with Gasteiger partial charge in [-0.25, -0.2) is 9.97 Å². The van der Waals surface area contributed by atoms with Gasteiger partial charge in [-0.1, -0.05) is 0 Å². The molecule has 0 unspecified atom stereocenters. The lowest BCUT2D eigenvalue weighted by molar-refractivity contribution is 0.0140. The third-order valence-corrected chi connectivity index (χ3v) is 5.36. The summed E-state index contributed by atoms with van der Waals surface area (Å²) >= 11 is 0. The van der Waals surface area contributed by atoms with E-state index < -0.39 is 11.8 Å². The van der Waals surface area contributed by atoms with Gasteiger partial charge in [0.2, 0.25) is 0 Å². The lowest BCUT2D eigenvalue weighted by Crippen LogP contribution is -2.31. The van der Waals surface area contributed by atoms with Crippen LogP contribution >= 0.6 is 0 Å². The number of hydrogen-bond acceptors (Lipinski definition) is 14. The maximum absolute atomic E-state index is 12.4. The molecule has 1 rings (SSSR count). The van der Waals surface area contributed by atoms with E-state index in [0.717, 1.165) is 12.8 Å². The van der Waals surface area contributed by atoms with Crippen molar-refractivity contribution in [1.82, 2.24) is 20.6 Å². The van der Waals surface area contributed by atoms with Crippen LogP contribution in [0.3, 0.4) is 0 Å². The number of nitrogen functional groups attached to an aromatic ring is 2. The zero-order valence-corrected chi connectivity index (χ0v) is 24.6. The molecule has 0 saturated heterocycles. The van der Waals surface area contributed by atoms with Gasteiger partial charge in [0.15, 0.2) is 23.0 Å². The largest absolute Gasteiger partial charge is 0.382 e. The fraction of sp³-hybridized carbons (Fsp3) is 0.769. The number of anilines is 2. The van der Waals surface area contributed by atoms with Crippen LogP contribution in [0.15, 0.2) is 0 Å².